The predicted octanol–water partition coefficient (Wildman–Crippen LogP) is 2.77. The fourth-order valence-electron chi connectivity index (χ4n) is 3.43. The highest BCUT2D eigenvalue weighted by molar-refractivity contribution is 5.76. The van der Waals surface area contributed by atoms with E-state index in [1.807, 2.05) is 24.3 Å². The van der Waals surface area contributed by atoms with Gasteiger partial charge >= 0.3 is 0 Å². The SMILES string of the molecule is O=c1c2ccccc2nnn1C1CCN(Cc2ccccc2F)CC1. The molecule has 0 bridgehead atoms. The van der Waals surface area contributed by atoms with Crippen molar-refractivity contribution in [3.63, 3.8) is 0 Å². The van der Waals surface area contributed by atoms with Crippen molar-refractivity contribution in [1.82, 2.24) is 19.9 Å². The molecule has 2 heterocycles. The number of piperidine rings is 1. The van der Waals surface area contributed by atoms with Gasteiger partial charge in [0.1, 0.15) is 11.3 Å². The molecule has 25 heavy (non-hydrogen) atoms. The third-order valence-corrected chi connectivity index (χ3v) is 4.85. The molecule has 1 aliphatic rings. The summed E-state index contributed by atoms with van der Waals surface area (Å²) in [5.74, 6) is -0.166. The van der Waals surface area contributed by atoms with Gasteiger partial charge in [-0.1, -0.05) is 35.5 Å². The summed E-state index contributed by atoms with van der Waals surface area (Å²) in [6, 6.07) is 14.2. The first kappa shape index (κ1) is 15.9. The molecule has 0 saturated carbocycles. The summed E-state index contributed by atoms with van der Waals surface area (Å²) < 4.78 is 15.3. The normalized spacial score (nSPS) is 16.4. The Kier molecular flexibility index (Phi) is 4.28. The molecule has 0 N–H and O–H groups in total. The molecule has 1 fully saturated rings. The lowest BCUT2D eigenvalue weighted by Crippen LogP contribution is -2.38. The second kappa shape index (κ2) is 6.72. The van der Waals surface area contributed by atoms with E-state index in [9.17, 15) is 9.18 Å². The summed E-state index contributed by atoms with van der Waals surface area (Å²) >= 11 is 0. The van der Waals surface area contributed by atoms with E-state index >= 15 is 0 Å². The first-order chi connectivity index (χ1) is 12.2. The van der Waals surface area contributed by atoms with Gasteiger partial charge < -0.3 is 0 Å². The molecule has 0 spiro atoms. The zero-order valence-electron chi connectivity index (χ0n) is 13.8. The van der Waals surface area contributed by atoms with Crippen molar-refractivity contribution >= 4 is 10.9 Å². The maximum Gasteiger partial charge on any atom is 0.277 e. The van der Waals surface area contributed by atoms with Crippen LogP contribution in [0, 0.1) is 5.82 Å². The Balaban J connectivity index is 1.48. The van der Waals surface area contributed by atoms with Gasteiger partial charge in [0.25, 0.3) is 5.56 Å². The number of benzene rings is 2. The van der Waals surface area contributed by atoms with Crippen LogP contribution in [-0.2, 0) is 6.54 Å². The van der Waals surface area contributed by atoms with Gasteiger partial charge in [0, 0.05) is 25.2 Å². The van der Waals surface area contributed by atoms with Crippen LogP contribution in [0.5, 0.6) is 0 Å². The zero-order chi connectivity index (χ0) is 17.2. The van der Waals surface area contributed by atoms with Crippen molar-refractivity contribution in [2.24, 2.45) is 0 Å². The number of likely N-dealkylation sites (tertiary alicyclic amines) is 1. The highest BCUT2D eigenvalue weighted by Gasteiger charge is 2.23. The highest BCUT2D eigenvalue weighted by Crippen LogP contribution is 2.22. The van der Waals surface area contributed by atoms with E-state index < -0.39 is 0 Å². The van der Waals surface area contributed by atoms with Crippen molar-refractivity contribution in [2.75, 3.05) is 13.1 Å². The third kappa shape index (κ3) is 3.17. The number of aromatic nitrogens is 3. The Hall–Kier alpha value is -2.60. The standard InChI is InChI=1S/C19H19FN4O/c20-17-7-3-1-5-14(17)13-23-11-9-15(10-12-23)24-19(25)16-6-2-4-8-18(16)21-22-24/h1-8,15H,9-13H2. The number of hydrogen-bond donors (Lipinski definition) is 0. The number of rotatable bonds is 3. The minimum Gasteiger partial charge on any atom is -0.299 e. The molecule has 0 atom stereocenters. The second-order valence-electron chi connectivity index (χ2n) is 6.46. The van der Waals surface area contributed by atoms with Crippen LogP contribution in [0.1, 0.15) is 24.4 Å². The molecule has 0 aliphatic carbocycles. The maximum absolute atomic E-state index is 13.8. The van der Waals surface area contributed by atoms with Crippen LogP contribution >= 0.6 is 0 Å². The Morgan fingerprint density at radius 3 is 2.56 bits per heavy atom. The molecule has 1 saturated heterocycles. The highest BCUT2D eigenvalue weighted by atomic mass is 19.1. The molecule has 6 heteroatoms. The first-order valence-electron chi connectivity index (χ1n) is 8.52. The van der Waals surface area contributed by atoms with Crippen LogP contribution in [0.3, 0.4) is 0 Å². The number of hydrogen-bond acceptors (Lipinski definition) is 4. The third-order valence-electron chi connectivity index (χ3n) is 4.85. The van der Waals surface area contributed by atoms with Crippen molar-refractivity contribution in [3.8, 4) is 0 Å². The molecular formula is C19H19FN4O. The number of halogens is 1. The fraction of sp³-hybridized carbons (Fsp3) is 0.316. The molecular weight excluding hydrogens is 319 g/mol. The van der Waals surface area contributed by atoms with Crippen molar-refractivity contribution < 1.29 is 4.39 Å². The summed E-state index contributed by atoms with van der Waals surface area (Å²) in [5.41, 5.74) is 1.25. The van der Waals surface area contributed by atoms with E-state index in [2.05, 4.69) is 15.2 Å². The van der Waals surface area contributed by atoms with Gasteiger partial charge in [-0.3, -0.25) is 9.69 Å². The van der Waals surface area contributed by atoms with E-state index in [1.54, 1.807) is 18.2 Å². The molecule has 3 aromatic rings. The summed E-state index contributed by atoms with van der Waals surface area (Å²) in [6.45, 7) is 2.21. The Morgan fingerprint density at radius 1 is 1.04 bits per heavy atom. The van der Waals surface area contributed by atoms with E-state index in [0.29, 0.717) is 23.0 Å². The van der Waals surface area contributed by atoms with E-state index in [-0.39, 0.29) is 17.4 Å². The summed E-state index contributed by atoms with van der Waals surface area (Å²) in [5, 5.41) is 8.90. The van der Waals surface area contributed by atoms with Crippen molar-refractivity contribution in [3.05, 3.63) is 70.3 Å². The Bertz CT molecular complexity index is 947. The van der Waals surface area contributed by atoms with E-state index in [1.165, 1.54) is 10.7 Å². The first-order valence-corrected chi connectivity index (χ1v) is 8.52. The van der Waals surface area contributed by atoms with Crippen molar-refractivity contribution in [1.29, 1.82) is 0 Å². The zero-order valence-corrected chi connectivity index (χ0v) is 13.8. The minimum atomic E-state index is -0.166. The Morgan fingerprint density at radius 2 is 1.76 bits per heavy atom. The van der Waals surface area contributed by atoms with Crippen LogP contribution < -0.4 is 5.56 Å². The minimum absolute atomic E-state index is 0.0430. The van der Waals surface area contributed by atoms with Crippen LogP contribution in [-0.4, -0.2) is 33.0 Å². The summed E-state index contributed by atoms with van der Waals surface area (Å²) in [6.07, 6.45) is 1.61. The van der Waals surface area contributed by atoms with Crippen LogP contribution in [0.25, 0.3) is 10.9 Å². The molecule has 128 valence electrons. The molecule has 0 amide bonds. The van der Waals surface area contributed by atoms with Crippen LogP contribution in [0.15, 0.2) is 53.3 Å². The predicted molar refractivity (Wildman–Crippen MR) is 93.7 cm³/mol. The topological polar surface area (TPSA) is 51.0 Å². The quantitative estimate of drug-likeness (QED) is 0.737. The lowest BCUT2D eigenvalue weighted by molar-refractivity contribution is 0.167. The monoisotopic (exact) mass is 338 g/mol. The lowest BCUT2D eigenvalue weighted by atomic mass is 10.0. The van der Waals surface area contributed by atoms with Crippen LogP contribution in [0.4, 0.5) is 4.39 Å². The lowest BCUT2D eigenvalue weighted by Gasteiger charge is -2.32. The number of nitrogens with zero attached hydrogens (tertiary/aromatic N) is 4. The molecule has 1 aromatic heterocycles. The largest absolute Gasteiger partial charge is 0.299 e. The maximum atomic E-state index is 13.8. The van der Waals surface area contributed by atoms with Gasteiger partial charge in [-0.25, -0.2) is 9.07 Å². The molecule has 5 nitrogen and oxygen atoms in total. The van der Waals surface area contributed by atoms with E-state index in [0.717, 1.165) is 25.9 Å². The smallest absolute Gasteiger partial charge is 0.277 e. The van der Waals surface area contributed by atoms with Gasteiger partial charge in [0.05, 0.1) is 11.4 Å². The number of fused-ring (bicyclic) bond motifs is 1. The summed E-state index contributed by atoms with van der Waals surface area (Å²) in [7, 11) is 0. The molecule has 1 aliphatic heterocycles. The molecule has 0 unspecified atom stereocenters. The summed E-state index contributed by atoms with van der Waals surface area (Å²) in [4.78, 5) is 14.9. The molecule has 2 aromatic carbocycles. The molecule has 4 rings (SSSR count). The fourth-order valence-corrected chi connectivity index (χ4v) is 3.43. The average Bonchev–Trinajstić information content (AvgIpc) is 2.65. The van der Waals surface area contributed by atoms with Crippen LogP contribution in [0.2, 0.25) is 0 Å². The van der Waals surface area contributed by atoms with Gasteiger partial charge in [-0.2, -0.15) is 0 Å². The van der Waals surface area contributed by atoms with Gasteiger partial charge in [0.2, 0.25) is 0 Å². The molecule has 0 radical (unpaired) electrons. The average molecular weight is 338 g/mol. The van der Waals surface area contributed by atoms with Gasteiger partial charge in [0.15, 0.2) is 0 Å². The second-order valence-corrected chi connectivity index (χ2v) is 6.46. The Labute approximate surface area is 144 Å². The van der Waals surface area contributed by atoms with E-state index in [4.69, 9.17) is 0 Å². The van der Waals surface area contributed by atoms with Gasteiger partial charge in [-0.15, -0.1) is 5.10 Å². The van der Waals surface area contributed by atoms with Crippen molar-refractivity contribution in [2.45, 2.75) is 25.4 Å². The van der Waals surface area contributed by atoms with Gasteiger partial charge in [-0.05, 0) is 31.0 Å².